The Labute approximate surface area is 135 Å². The topological polar surface area (TPSA) is 54.4 Å². The molecule has 22 heavy (non-hydrogen) atoms. The molecule has 1 heterocycles. The van der Waals surface area contributed by atoms with Gasteiger partial charge in [0.25, 0.3) is 0 Å². The van der Waals surface area contributed by atoms with Crippen molar-refractivity contribution in [2.75, 3.05) is 5.75 Å². The van der Waals surface area contributed by atoms with Gasteiger partial charge in [0.2, 0.25) is 5.91 Å². The summed E-state index contributed by atoms with van der Waals surface area (Å²) in [5, 5.41) is 3.93. The molecule has 0 aliphatic rings. The molecule has 4 nitrogen and oxygen atoms in total. The quantitative estimate of drug-likeness (QED) is 0.658. The Kier molecular flexibility index (Phi) is 6.15. The zero-order chi connectivity index (χ0) is 15.8. The Bertz CT molecular complexity index is 636. The molecule has 5 heteroatoms. The van der Waals surface area contributed by atoms with Gasteiger partial charge >= 0.3 is 0 Å². The number of aromatic nitrogens is 1. The van der Waals surface area contributed by atoms with Gasteiger partial charge in [-0.2, -0.15) is 5.10 Å². The molecule has 1 N–H and O–H groups in total. The van der Waals surface area contributed by atoms with Crippen LogP contribution < -0.4 is 5.43 Å². The number of carbonyl (C=O) groups excluding carboxylic acids is 1. The van der Waals surface area contributed by atoms with E-state index >= 15 is 0 Å². The largest absolute Gasteiger partial charge is 0.272 e. The van der Waals surface area contributed by atoms with Crippen molar-refractivity contribution in [3.8, 4) is 0 Å². The number of thioether (sulfide) groups is 1. The lowest BCUT2D eigenvalue weighted by Gasteiger charge is -2.04. The van der Waals surface area contributed by atoms with E-state index in [4.69, 9.17) is 0 Å². The normalized spacial score (nSPS) is 10.8. The fourth-order valence-corrected chi connectivity index (χ4v) is 2.83. The average molecular weight is 313 g/mol. The number of benzene rings is 1. The molecule has 2 rings (SSSR count). The van der Waals surface area contributed by atoms with Crippen molar-refractivity contribution in [1.29, 1.82) is 0 Å². The number of carbonyl (C=O) groups is 1. The van der Waals surface area contributed by atoms with Crippen molar-refractivity contribution < 1.29 is 4.79 Å². The summed E-state index contributed by atoms with van der Waals surface area (Å²) < 4.78 is 0. The molecule has 0 saturated heterocycles. The molecule has 0 aliphatic heterocycles. The molecule has 0 spiro atoms. The van der Waals surface area contributed by atoms with Crippen molar-refractivity contribution in [1.82, 2.24) is 10.4 Å². The van der Waals surface area contributed by atoms with Crippen LogP contribution in [0.1, 0.15) is 22.3 Å². The van der Waals surface area contributed by atoms with E-state index in [1.54, 1.807) is 30.4 Å². The second-order valence-corrected chi connectivity index (χ2v) is 6.05. The smallest absolute Gasteiger partial charge is 0.250 e. The van der Waals surface area contributed by atoms with Crippen LogP contribution in [0, 0.1) is 13.8 Å². The predicted molar refractivity (Wildman–Crippen MR) is 92.1 cm³/mol. The van der Waals surface area contributed by atoms with E-state index in [0.717, 1.165) is 11.3 Å². The molecular weight excluding hydrogens is 294 g/mol. The summed E-state index contributed by atoms with van der Waals surface area (Å²) in [6.45, 7) is 4.17. The van der Waals surface area contributed by atoms with Gasteiger partial charge in [-0.05, 0) is 37.1 Å². The lowest BCUT2D eigenvalue weighted by Crippen LogP contribution is -2.19. The van der Waals surface area contributed by atoms with Crippen molar-refractivity contribution >= 4 is 23.9 Å². The third-order valence-corrected chi connectivity index (χ3v) is 3.90. The molecule has 1 aromatic heterocycles. The van der Waals surface area contributed by atoms with Crippen LogP contribution in [0.25, 0.3) is 0 Å². The maximum atomic E-state index is 11.7. The number of hydrogen-bond donors (Lipinski definition) is 1. The maximum Gasteiger partial charge on any atom is 0.250 e. The van der Waals surface area contributed by atoms with Crippen molar-refractivity contribution in [2.45, 2.75) is 19.6 Å². The van der Waals surface area contributed by atoms with E-state index in [9.17, 15) is 4.79 Å². The fraction of sp³-hybridized carbons (Fsp3) is 0.235. The number of pyridine rings is 1. The number of nitrogens with one attached hydrogen (secondary N) is 1. The van der Waals surface area contributed by atoms with Gasteiger partial charge in [0, 0.05) is 18.1 Å². The van der Waals surface area contributed by atoms with Gasteiger partial charge in [-0.1, -0.05) is 29.3 Å². The molecule has 114 valence electrons. The summed E-state index contributed by atoms with van der Waals surface area (Å²) in [6.07, 6.45) is 4.97. The number of nitrogens with zero attached hydrogens (tertiary/aromatic N) is 2. The van der Waals surface area contributed by atoms with Crippen LogP contribution in [0.5, 0.6) is 0 Å². The summed E-state index contributed by atoms with van der Waals surface area (Å²) in [5.74, 6) is 1.12. The highest BCUT2D eigenvalue weighted by Gasteiger charge is 2.01. The zero-order valence-electron chi connectivity index (χ0n) is 12.7. The third kappa shape index (κ3) is 5.69. The number of hydrogen-bond acceptors (Lipinski definition) is 4. The predicted octanol–water partition coefficient (Wildman–Crippen LogP) is 3.08. The van der Waals surface area contributed by atoms with Gasteiger partial charge in [0.15, 0.2) is 0 Å². The summed E-state index contributed by atoms with van der Waals surface area (Å²) in [5.41, 5.74) is 7.18. The summed E-state index contributed by atoms with van der Waals surface area (Å²) in [7, 11) is 0. The Hall–Kier alpha value is -2.14. The number of amides is 1. The third-order valence-electron chi connectivity index (χ3n) is 2.89. The van der Waals surface area contributed by atoms with E-state index in [2.05, 4.69) is 47.6 Å². The molecule has 0 bridgehead atoms. The van der Waals surface area contributed by atoms with E-state index in [-0.39, 0.29) is 5.91 Å². The van der Waals surface area contributed by atoms with Gasteiger partial charge in [-0.3, -0.25) is 9.78 Å². The number of aryl methyl sites for hydroxylation is 2. The molecular formula is C17H19N3OS. The van der Waals surface area contributed by atoms with E-state index in [0.29, 0.717) is 5.75 Å². The molecule has 2 aromatic rings. The van der Waals surface area contributed by atoms with E-state index in [1.807, 2.05) is 12.1 Å². The summed E-state index contributed by atoms with van der Waals surface area (Å²) >= 11 is 1.58. The molecule has 0 saturated carbocycles. The van der Waals surface area contributed by atoms with Crippen LogP contribution in [0.4, 0.5) is 0 Å². The van der Waals surface area contributed by atoms with Crippen LogP contribution in [0.15, 0.2) is 47.8 Å². The van der Waals surface area contributed by atoms with Crippen LogP contribution in [0.2, 0.25) is 0 Å². The minimum absolute atomic E-state index is 0.0975. The molecule has 0 radical (unpaired) electrons. The van der Waals surface area contributed by atoms with Crippen LogP contribution in [-0.2, 0) is 10.5 Å². The van der Waals surface area contributed by atoms with E-state index < -0.39 is 0 Å². The van der Waals surface area contributed by atoms with Crippen LogP contribution in [-0.4, -0.2) is 22.9 Å². The van der Waals surface area contributed by atoms with Gasteiger partial charge < -0.3 is 0 Å². The number of hydrazone groups is 1. The van der Waals surface area contributed by atoms with Crippen molar-refractivity contribution in [2.24, 2.45) is 5.10 Å². The second kappa shape index (κ2) is 8.34. The molecule has 0 fully saturated rings. The standard InChI is InChI=1S/C17H19N3OS/c1-13-7-14(2)9-16(8-13)11-22-12-17(21)20-19-10-15-3-5-18-6-4-15/h3-10H,11-12H2,1-2H3,(H,20,21)/b19-10-. The second-order valence-electron chi connectivity index (χ2n) is 5.06. The van der Waals surface area contributed by atoms with Crippen molar-refractivity contribution in [3.05, 3.63) is 65.0 Å². The molecule has 1 aromatic carbocycles. The van der Waals surface area contributed by atoms with Crippen molar-refractivity contribution in [3.63, 3.8) is 0 Å². The lowest BCUT2D eigenvalue weighted by molar-refractivity contribution is -0.118. The van der Waals surface area contributed by atoms with E-state index in [1.165, 1.54) is 16.7 Å². The Morgan fingerprint density at radius 3 is 2.59 bits per heavy atom. The van der Waals surface area contributed by atoms with Gasteiger partial charge in [0.05, 0.1) is 12.0 Å². The first-order valence-corrected chi connectivity index (χ1v) is 8.16. The lowest BCUT2D eigenvalue weighted by atomic mass is 10.1. The monoisotopic (exact) mass is 313 g/mol. The first-order chi connectivity index (χ1) is 10.6. The fourth-order valence-electron chi connectivity index (χ4n) is 2.07. The molecule has 0 atom stereocenters. The molecule has 0 aliphatic carbocycles. The highest BCUT2D eigenvalue weighted by molar-refractivity contribution is 7.99. The van der Waals surface area contributed by atoms with Gasteiger partial charge in [-0.25, -0.2) is 5.43 Å². The Balaban J connectivity index is 1.73. The average Bonchev–Trinajstić information content (AvgIpc) is 2.47. The minimum Gasteiger partial charge on any atom is -0.272 e. The molecule has 1 amide bonds. The highest BCUT2D eigenvalue weighted by Crippen LogP contribution is 2.15. The highest BCUT2D eigenvalue weighted by atomic mass is 32.2. The first-order valence-electron chi connectivity index (χ1n) is 7.00. The van der Waals surface area contributed by atoms with Gasteiger partial charge in [0.1, 0.15) is 0 Å². The Morgan fingerprint density at radius 1 is 1.23 bits per heavy atom. The SMILES string of the molecule is Cc1cc(C)cc(CSCC(=O)N/N=C\c2ccncc2)c1. The summed E-state index contributed by atoms with van der Waals surface area (Å²) in [6, 6.07) is 10.1. The zero-order valence-corrected chi connectivity index (χ0v) is 13.6. The minimum atomic E-state index is -0.0975. The summed E-state index contributed by atoms with van der Waals surface area (Å²) in [4.78, 5) is 15.6. The first kappa shape index (κ1) is 16.2. The molecule has 0 unspecified atom stereocenters. The number of rotatable bonds is 6. The Morgan fingerprint density at radius 2 is 1.91 bits per heavy atom. The maximum absolute atomic E-state index is 11.7. The van der Waals surface area contributed by atoms with Crippen LogP contribution >= 0.6 is 11.8 Å². The van der Waals surface area contributed by atoms with Gasteiger partial charge in [-0.15, -0.1) is 11.8 Å². The van der Waals surface area contributed by atoms with Crippen LogP contribution in [0.3, 0.4) is 0 Å².